The van der Waals surface area contributed by atoms with Crippen LogP contribution in [-0.2, 0) is 12.1 Å². The average Bonchev–Trinajstić information content (AvgIpc) is 3.07. The Morgan fingerprint density at radius 1 is 0.962 bits per heavy atom. The van der Waals surface area contributed by atoms with Gasteiger partial charge in [-0.05, 0) is 41.7 Å². The minimum absolute atomic E-state index is 0.00674. The van der Waals surface area contributed by atoms with Gasteiger partial charge in [-0.1, -0.05) is 62.9 Å². The van der Waals surface area contributed by atoms with Crippen LogP contribution < -0.4 is 0 Å². The minimum atomic E-state index is -0.936. The van der Waals surface area contributed by atoms with Gasteiger partial charge in [-0.15, -0.1) is 0 Å². The van der Waals surface area contributed by atoms with Gasteiger partial charge >= 0.3 is 0 Å². The first-order valence-corrected chi connectivity index (χ1v) is 9.67. The van der Waals surface area contributed by atoms with E-state index in [4.69, 9.17) is 0 Å². The smallest absolute Gasteiger partial charge is 0.108 e. The van der Waals surface area contributed by atoms with E-state index in [0.717, 1.165) is 5.56 Å². The molecule has 0 aliphatic carbocycles. The summed E-state index contributed by atoms with van der Waals surface area (Å²) in [6.45, 7) is 6.97. The van der Waals surface area contributed by atoms with Crippen molar-refractivity contribution in [2.45, 2.75) is 49.1 Å². The Kier molecular flexibility index (Phi) is 5.54. The van der Waals surface area contributed by atoms with E-state index < -0.39 is 5.60 Å². The Balaban J connectivity index is 1.84. The van der Waals surface area contributed by atoms with Crippen LogP contribution in [0.15, 0.2) is 83.1 Å². The summed E-state index contributed by atoms with van der Waals surface area (Å²) in [5.41, 5.74) is 0.0142. The molecule has 4 heteroatoms. The van der Waals surface area contributed by atoms with Crippen LogP contribution >= 0.6 is 11.8 Å². The van der Waals surface area contributed by atoms with Gasteiger partial charge in [0.05, 0.1) is 12.9 Å². The quantitative estimate of drug-likeness (QED) is 0.638. The number of imidazole rings is 1. The lowest BCUT2D eigenvalue weighted by atomic mass is 9.78. The number of hydrogen-bond acceptors (Lipinski definition) is 3. The Labute approximate surface area is 160 Å². The largest absolute Gasteiger partial charge is 0.383 e. The van der Waals surface area contributed by atoms with E-state index in [1.54, 1.807) is 24.3 Å². The first-order chi connectivity index (χ1) is 12.3. The van der Waals surface area contributed by atoms with Crippen LogP contribution in [0.2, 0.25) is 0 Å². The van der Waals surface area contributed by atoms with E-state index in [1.165, 1.54) is 9.79 Å². The molecule has 3 nitrogen and oxygen atoms in total. The van der Waals surface area contributed by atoms with E-state index >= 15 is 0 Å². The molecule has 3 aromatic rings. The van der Waals surface area contributed by atoms with Crippen molar-refractivity contribution in [3.63, 3.8) is 0 Å². The second-order valence-corrected chi connectivity index (χ2v) is 9.09. The summed E-state index contributed by atoms with van der Waals surface area (Å²) in [5, 5.41) is 11.5. The highest BCUT2D eigenvalue weighted by Gasteiger charge is 2.34. The maximum Gasteiger partial charge on any atom is 0.108 e. The molecule has 1 heterocycles. The molecule has 0 amide bonds. The lowest BCUT2D eigenvalue weighted by Crippen LogP contribution is -2.35. The van der Waals surface area contributed by atoms with Crippen molar-refractivity contribution in [2.24, 2.45) is 5.41 Å². The average molecular weight is 367 g/mol. The number of hydrogen-bond donors (Lipinski definition) is 1. The van der Waals surface area contributed by atoms with Gasteiger partial charge in [0.15, 0.2) is 0 Å². The van der Waals surface area contributed by atoms with Crippen LogP contribution in [0.25, 0.3) is 0 Å². The molecular weight excluding hydrogens is 340 g/mol. The van der Waals surface area contributed by atoms with E-state index in [1.807, 2.05) is 41.1 Å². The maximum absolute atomic E-state index is 11.5. The first-order valence-electron chi connectivity index (χ1n) is 8.86. The molecule has 0 radical (unpaired) electrons. The number of rotatable bonds is 6. The molecule has 1 aromatic heterocycles. The lowest BCUT2D eigenvalue weighted by Gasteiger charge is -2.35. The highest BCUT2D eigenvalue weighted by atomic mass is 32.2. The molecule has 2 aromatic carbocycles. The van der Waals surface area contributed by atoms with Gasteiger partial charge in [-0.25, -0.2) is 4.98 Å². The van der Waals surface area contributed by atoms with Crippen molar-refractivity contribution in [3.05, 3.63) is 78.9 Å². The van der Waals surface area contributed by atoms with Crippen molar-refractivity contribution in [2.75, 3.05) is 0 Å². The Morgan fingerprint density at radius 2 is 1.62 bits per heavy atom. The normalized spacial score (nSPS) is 14.2. The first kappa shape index (κ1) is 18.7. The standard InChI is InChI=1S/C22H26N2OS/c1-21(2,3)15-22(25,16-24-14-13-23-17-24)18-9-11-20(12-10-18)26-19-7-5-4-6-8-19/h4-14,17,25H,15-16H2,1-3H3. The molecule has 0 aliphatic heterocycles. The summed E-state index contributed by atoms with van der Waals surface area (Å²) in [6, 6.07) is 18.6. The molecule has 26 heavy (non-hydrogen) atoms. The zero-order chi connectivity index (χ0) is 18.6. The molecule has 1 atom stereocenters. The lowest BCUT2D eigenvalue weighted by molar-refractivity contribution is -0.0188. The minimum Gasteiger partial charge on any atom is -0.383 e. The number of aliphatic hydroxyl groups is 1. The SMILES string of the molecule is CC(C)(C)CC(O)(Cn1ccnc1)c1ccc(Sc2ccccc2)cc1. The molecule has 1 N–H and O–H groups in total. The fourth-order valence-corrected chi connectivity index (χ4v) is 4.10. The predicted octanol–water partition coefficient (Wildman–Crippen LogP) is 5.36. The van der Waals surface area contributed by atoms with Crippen LogP contribution in [0.1, 0.15) is 32.8 Å². The van der Waals surface area contributed by atoms with Crippen molar-refractivity contribution >= 4 is 11.8 Å². The molecule has 1 unspecified atom stereocenters. The van der Waals surface area contributed by atoms with Gasteiger partial charge in [0.2, 0.25) is 0 Å². The third kappa shape index (κ3) is 4.99. The van der Waals surface area contributed by atoms with Crippen LogP contribution in [0.4, 0.5) is 0 Å². The topological polar surface area (TPSA) is 38.0 Å². The fraction of sp³-hybridized carbons (Fsp3) is 0.318. The monoisotopic (exact) mass is 366 g/mol. The van der Waals surface area contributed by atoms with Crippen molar-refractivity contribution < 1.29 is 5.11 Å². The summed E-state index contributed by atoms with van der Waals surface area (Å²) in [7, 11) is 0. The molecule has 136 valence electrons. The fourth-order valence-electron chi connectivity index (χ4n) is 3.27. The summed E-state index contributed by atoms with van der Waals surface area (Å²) in [5.74, 6) is 0. The van der Waals surface area contributed by atoms with E-state index in [2.05, 4.69) is 50.0 Å². The number of nitrogens with zero attached hydrogens (tertiary/aromatic N) is 2. The highest BCUT2D eigenvalue weighted by molar-refractivity contribution is 7.99. The molecule has 0 fully saturated rings. The maximum atomic E-state index is 11.5. The highest BCUT2D eigenvalue weighted by Crippen LogP contribution is 2.37. The zero-order valence-electron chi connectivity index (χ0n) is 15.6. The predicted molar refractivity (Wildman–Crippen MR) is 107 cm³/mol. The summed E-state index contributed by atoms with van der Waals surface area (Å²) in [6.07, 6.45) is 6.07. The van der Waals surface area contributed by atoms with Crippen molar-refractivity contribution in [1.29, 1.82) is 0 Å². The van der Waals surface area contributed by atoms with Gasteiger partial charge < -0.3 is 9.67 Å². The zero-order valence-corrected chi connectivity index (χ0v) is 16.4. The summed E-state index contributed by atoms with van der Waals surface area (Å²) in [4.78, 5) is 6.48. The second kappa shape index (κ2) is 7.68. The molecule has 0 aliphatic rings. The third-order valence-corrected chi connectivity index (χ3v) is 5.21. The van der Waals surface area contributed by atoms with Crippen molar-refractivity contribution in [1.82, 2.24) is 9.55 Å². The molecule has 0 spiro atoms. The van der Waals surface area contributed by atoms with E-state index in [-0.39, 0.29) is 5.41 Å². The molecule has 0 saturated carbocycles. The van der Waals surface area contributed by atoms with Crippen LogP contribution in [0, 0.1) is 5.41 Å². The van der Waals surface area contributed by atoms with Crippen LogP contribution in [0.3, 0.4) is 0 Å². The van der Waals surface area contributed by atoms with Crippen LogP contribution in [-0.4, -0.2) is 14.7 Å². The van der Waals surface area contributed by atoms with E-state index in [0.29, 0.717) is 13.0 Å². The van der Waals surface area contributed by atoms with Gasteiger partial charge in [-0.3, -0.25) is 0 Å². The van der Waals surface area contributed by atoms with Gasteiger partial charge in [0.25, 0.3) is 0 Å². The Hall–Kier alpha value is -2.04. The van der Waals surface area contributed by atoms with Gasteiger partial charge in [0, 0.05) is 22.2 Å². The van der Waals surface area contributed by atoms with E-state index in [9.17, 15) is 5.11 Å². The molecular formula is C22H26N2OS. The second-order valence-electron chi connectivity index (χ2n) is 7.94. The van der Waals surface area contributed by atoms with Gasteiger partial charge in [-0.2, -0.15) is 0 Å². The third-order valence-electron chi connectivity index (χ3n) is 4.20. The van der Waals surface area contributed by atoms with Gasteiger partial charge in [0.1, 0.15) is 5.60 Å². The van der Waals surface area contributed by atoms with Crippen molar-refractivity contribution in [3.8, 4) is 0 Å². The Bertz CT molecular complexity index is 808. The molecule has 0 saturated heterocycles. The molecule has 3 rings (SSSR count). The summed E-state index contributed by atoms with van der Waals surface area (Å²) < 4.78 is 1.94. The summed E-state index contributed by atoms with van der Waals surface area (Å²) >= 11 is 1.73. The molecule has 0 bridgehead atoms. The van der Waals surface area contributed by atoms with Crippen LogP contribution in [0.5, 0.6) is 0 Å². The number of benzene rings is 2. The Morgan fingerprint density at radius 3 is 2.19 bits per heavy atom. The number of aromatic nitrogens is 2.